The van der Waals surface area contributed by atoms with E-state index in [1.807, 2.05) is 0 Å². The lowest BCUT2D eigenvalue weighted by atomic mass is 9.81. The predicted octanol–water partition coefficient (Wildman–Crippen LogP) is 1.96. The average Bonchev–Trinajstić information content (AvgIpc) is 2.86. The van der Waals surface area contributed by atoms with E-state index in [-0.39, 0.29) is 0 Å². The van der Waals surface area contributed by atoms with Gasteiger partial charge in [0.05, 0.1) is 0 Å². The predicted molar refractivity (Wildman–Crippen MR) is 78.2 cm³/mol. The van der Waals surface area contributed by atoms with Gasteiger partial charge in [0.2, 0.25) is 5.95 Å². The van der Waals surface area contributed by atoms with E-state index >= 15 is 0 Å². The minimum absolute atomic E-state index is 0.299. The van der Waals surface area contributed by atoms with Crippen molar-refractivity contribution >= 4 is 5.95 Å². The molecule has 0 aromatic carbocycles. The number of H-pyrrole nitrogens is 1. The van der Waals surface area contributed by atoms with Crippen LogP contribution < -0.4 is 10.6 Å². The van der Waals surface area contributed by atoms with Crippen molar-refractivity contribution in [3.63, 3.8) is 0 Å². The van der Waals surface area contributed by atoms with Crippen LogP contribution in [0.25, 0.3) is 0 Å². The smallest absolute Gasteiger partial charge is 0.244 e. The largest absolute Gasteiger partial charge is 0.340 e. The zero-order valence-corrected chi connectivity index (χ0v) is 12.4. The third-order valence-corrected chi connectivity index (χ3v) is 4.22. The highest BCUT2D eigenvalue weighted by Crippen LogP contribution is 2.30. The number of nitrogens with zero attached hydrogens (tertiary/aromatic N) is 3. The Morgan fingerprint density at radius 1 is 1.37 bits per heavy atom. The maximum absolute atomic E-state index is 5.84. The number of rotatable bonds is 5. The molecule has 1 aliphatic rings. The molecule has 19 heavy (non-hydrogen) atoms. The van der Waals surface area contributed by atoms with Crippen molar-refractivity contribution in [2.45, 2.75) is 46.5 Å². The lowest BCUT2D eigenvalue weighted by molar-refractivity contribution is 0.257. The van der Waals surface area contributed by atoms with E-state index < -0.39 is 0 Å². The molecule has 1 saturated heterocycles. The van der Waals surface area contributed by atoms with E-state index in [0.29, 0.717) is 11.3 Å². The normalized spacial score (nSPS) is 19.1. The van der Waals surface area contributed by atoms with Crippen LogP contribution in [0.4, 0.5) is 5.95 Å². The van der Waals surface area contributed by atoms with Gasteiger partial charge in [-0.25, -0.2) is 0 Å². The van der Waals surface area contributed by atoms with Crippen LogP contribution in [0.2, 0.25) is 0 Å². The first-order valence-corrected chi connectivity index (χ1v) is 7.39. The number of anilines is 1. The molecule has 3 N–H and O–H groups in total. The summed E-state index contributed by atoms with van der Waals surface area (Å²) < 4.78 is 0. The molecule has 0 spiro atoms. The number of aryl methyl sites for hydroxylation is 1. The third kappa shape index (κ3) is 3.69. The van der Waals surface area contributed by atoms with Crippen molar-refractivity contribution in [3.8, 4) is 0 Å². The molecule has 5 nitrogen and oxygen atoms in total. The number of piperidine rings is 1. The Morgan fingerprint density at radius 2 is 2.05 bits per heavy atom. The summed E-state index contributed by atoms with van der Waals surface area (Å²) in [5.74, 6) is 2.57. The fourth-order valence-electron chi connectivity index (χ4n) is 2.41. The third-order valence-electron chi connectivity index (χ3n) is 4.22. The Bertz CT molecular complexity index is 390. The summed E-state index contributed by atoms with van der Waals surface area (Å²) >= 11 is 0. The molecule has 2 rings (SSSR count). The van der Waals surface area contributed by atoms with Gasteiger partial charge in [-0.2, -0.15) is 4.98 Å². The summed E-state index contributed by atoms with van der Waals surface area (Å²) in [6.45, 7) is 9.53. The van der Waals surface area contributed by atoms with Crippen molar-refractivity contribution in [2.75, 3.05) is 24.5 Å². The van der Waals surface area contributed by atoms with Gasteiger partial charge in [0.1, 0.15) is 5.82 Å². The number of hydrogen-bond acceptors (Lipinski definition) is 4. The Balaban J connectivity index is 1.89. The average molecular weight is 265 g/mol. The highest BCUT2D eigenvalue weighted by molar-refractivity contribution is 5.29. The van der Waals surface area contributed by atoms with Crippen LogP contribution in [0.5, 0.6) is 0 Å². The van der Waals surface area contributed by atoms with E-state index in [1.165, 1.54) is 0 Å². The fourth-order valence-corrected chi connectivity index (χ4v) is 2.41. The second-order valence-corrected chi connectivity index (χ2v) is 6.52. The Hall–Kier alpha value is -1.10. The Labute approximate surface area is 116 Å². The van der Waals surface area contributed by atoms with Crippen LogP contribution in [-0.4, -0.2) is 34.8 Å². The topological polar surface area (TPSA) is 70.8 Å². The SMILES string of the molecule is CC(C)CCc1nc(N2CCC(C)(CN)CC2)n[nH]1. The molecule has 5 heteroatoms. The second-order valence-electron chi connectivity index (χ2n) is 6.52. The molecule has 0 saturated carbocycles. The summed E-state index contributed by atoms with van der Waals surface area (Å²) in [4.78, 5) is 6.88. The van der Waals surface area contributed by atoms with Crippen molar-refractivity contribution in [2.24, 2.45) is 17.1 Å². The molecule has 0 unspecified atom stereocenters. The molecule has 108 valence electrons. The molecule has 0 radical (unpaired) electrons. The maximum Gasteiger partial charge on any atom is 0.244 e. The molecule has 0 atom stereocenters. The molecule has 1 aliphatic heterocycles. The number of nitrogens with two attached hydrogens (primary N) is 1. The van der Waals surface area contributed by atoms with E-state index in [1.54, 1.807) is 0 Å². The highest BCUT2D eigenvalue weighted by atomic mass is 15.4. The maximum atomic E-state index is 5.84. The molecular weight excluding hydrogens is 238 g/mol. The highest BCUT2D eigenvalue weighted by Gasteiger charge is 2.29. The van der Waals surface area contributed by atoms with E-state index in [9.17, 15) is 0 Å². The van der Waals surface area contributed by atoms with E-state index in [2.05, 4.69) is 40.9 Å². The standard InChI is InChI=1S/C14H27N5/c1-11(2)4-5-12-16-13(18-17-12)19-8-6-14(3,10-15)7-9-19/h11H,4-10,15H2,1-3H3,(H,16,17,18). The van der Waals surface area contributed by atoms with Gasteiger partial charge in [0.15, 0.2) is 0 Å². The summed E-state index contributed by atoms with van der Waals surface area (Å²) in [5.41, 5.74) is 6.14. The van der Waals surface area contributed by atoms with Crippen LogP contribution in [0.3, 0.4) is 0 Å². The van der Waals surface area contributed by atoms with Gasteiger partial charge in [-0.3, -0.25) is 5.10 Å². The number of aromatic amines is 1. The molecule has 1 aromatic heterocycles. The van der Waals surface area contributed by atoms with E-state index in [0.717, 1.165) is 57.1 Å². The van der Waals surface area contributed by atoms with Crippen LogP contribution in [0.15, 0.2) is 0 Å². The number of aromatic nitrogens is 3. The summed E-state index contributed by atoms with van der Waals surface area (Å²) in [6.07, 6.45) is 4.39. The first kappa shape index (κ1) is 14.3. The van der Waals surface area contributed by atoms with Crippen molar-refractivity contribution in [1.82, 2.24) is 15.2 Å². The summed E-state index contributed by atoms with van der Waals surface area (Å²) in [6, 6.07) is 0. The van der Waals surface area contributed by atoms with Crippen LogP contribution in [0, 0.1) is 11.3 Å². The van der Waals surface area contributed by atoms with Crippen LogP contribution in [0.1, 0.15) is 45.9 Å². The summed E-state index contributed by atoms with van der Waals surface area (Å²) in [7, 11) is 0. The number of nitrogens with one attached hydrogen (secondary N) is 1. The minimum atomic E-state index is 0.299. The Kier molecular flexibility index (Phi) is 4.45. The van der Waals surface area contributed by atoms with Gasteiger partial charge >= 0.3 is 0 Å². The molecule has 2 heterocycles. The number of hydrogen-bond donors (Lipinski definition) is 2. The van der Waals surface area contributed by atoms with Gasteiger partial charge < -0.3 is 10.6 Å². The first-order chi connectivity index (χ1) is 9.02. The second kappa shape index (κ2) is 5.90. The first-order valence-electron chi connectivity index (χ1n) is 7.39. The lowest BCUT2D eigenvalue weighted by Gasteiger charge is -2.38. The monoisotopic (exact) mass is 265 g/mol. The molecule has 1 fully saturated rings. The van der Waals surface area contributed by atoms with Gasteiger partial charge in [-0.1, -0.05) is 20.8 Å². The quantitative estimate of drug-likeness (QED) is 0.853. The summed E-state index contributed by atoms with van der Waals surface area (Å²) in [5, 5.41) is 7.42. The molecule has 1 aromatic rings. The van der Waals surface area contributed by atoms with Gasteiger partial charge in [0, 0.05) is 19.5 Å². The molecule has 0 bridgehead atoms. The van der Waals surface area contributed by atoms with Crippen molar-refractivity contribution < 1.29 is 0 Å². The van der Waals surface area contributed by atoms with E-state index in [4.69, 9.17) is 5.73 Å². The molecule has 0 aliphatic carbocycles. The zero-order valence-electron chi connectivity index (χ0n) is 12.4. The zero-order chi connectivity index (χ0) is 13.9. The van der Waals surface area contributed by atoms with Crippen LogP contribution >= 0.6 is 0 Å². The van der Waals surface area contributed by atoms with Crippen LogP contribution in [-0.2, 0) is 6.42 Å². The fraction of sp³-hybridized carbons (Fsp3) is 0.857. The molecule has 0 amide bonds. The lowest BCUT2D eigenvalue weighted by Crippen LogP contribution is -2.42. The van der Waals surface area contributed by atoms with Gasteiger partial charge in [0.25, 0.3) is 0 Å². The van der Waals surface area contributed by atoms with Gasteiger partial charge in [-0.15, -0.1) is 5.10 Å². The Morgan fingerprint density at radius 3 is 2.63 bits per heavy atom. The molecular formula is C14H27N5. The van der Waals surface area contributed by atoms with Gasteiger partial charge in [-0.05, 0) is 37.1 Å². The van der Waals surface area contributed by atoms with Crippen molar-refractivity contribution in [1.29, 1.82) is 0 Å². The minimum Gasteiger partial charge on any atom is -0.340 e. The van der Waals surface area contributed by atoms with Crippen molar-refractivity contribution in [3.05, 3.63) is 5.82 Å².